The van der Waals surface area contributed by atoms with E-state index in [0.29, 0.717) is 0 Å². The number of hydrogen-bond acceptors (Lipinski definition) is 4. The number of aryl methyl sites for hydroxylation is 2. The van der Waals surface area contributed by atoms with Gasteiger partial charge in [-0.25, -0.2) is 0 Å². The minimum atomic E-state index is 0.736. The molecule has 2 aromatic heterocycles. The second-order valence-corrected chi connectivity index (χ2v) is 4.86. The molecular formula is C15H18N6. The molecule has 0 aliphatic heterocycles. The van der Waals surface area contributed by atoms with Crippen molar-refractivity contribution in [3.8, 4) is 11.1 Å². The lowest BCUT2D eigenvalue weighted by Gasteiger charge is -2.01. The smallest absolute Gasteiger partial charge is 0.0964 e. The first-order valence-corrected chi connectivity index (χ1v) is 6.96. The zero-order valence-electron chi connectivity index (χ0n) is 12.0. The molecule has 0 fully saturated rings. The standard InChI is InChI=1S/C15H18N6/c1-16-10-15-12-21(19-18-15)8-7-20-11-14(9-17-20)13-5-3-2-4-6-13/h2-6,9,11-12,16H,7-8,10H2,1H3. The predicted octanol–water partition coefficient (Wildman–Crippen LogP) is 1.56. The van der Waals surface area contributed by atoms with Gasteiger partial charge in [-0.15, -0.1) is 5.10 Å². The van der Waals surface area contributed by atoms with Crippen LogP contribution in [0.1, 0.15) is 5.69 Å². The highest BCUT2D eigenvalue weighted by Crippen LogP contribution is 2.17. The predicted molar refractivity (Wildman–Crippen MR) is 80.4 cm³/mol. The first-order chi connectivity index (χ1) is 10.3. The molecule has 2 heterocycles. The molecule has 0 atom stereocenters. The Hall–Kier alpha value is -2.47. The Morgan fingerprint density at radius 2 is 1.81 bits per heavy atom. The summed E-state index contributed by atoms with van der Waals surface area (Å²) in [4.78, 5) is 0. The molecule has 3 aromatic rings. The van der Waals surface area contributed by atoms with E-state index in [1.165, 1.54) is 5.56 Å². The van der Waals surface area contributed by atoms with Gasteiger partial charge in [0.1, 0.15) is 0 Å². The average Bonchev–Trinajstić information content (AvgIpc) is 3.16. The van der Waals surface area contributed by atoms with Gasteiger partial charge in [0, 0.05) is 24.5 Å². The number of hydrogen-bond donors (Lipinski definition) is 1. The average molecular weight is 282 g/mol. The van der Waals surface area contributed by atoms with Crippen molar-refractivity contribution in [2.45, 2.75) is 19.6 Å². The van der Waals surface area contributed by atoms with Crippen LogP contribution < -0.4 is 5.32 Å². The summed E-state index contributed by atoms with van der Waals surface area (Å²) >= 11 is 0. The molecule has 1 aromatic carbocycles. The van der Waals surface area contributed by atoms with Crippen LogP contribution in [0.2, 0.25) is 0 Å². The van der Waals surface area contributed by atoms with Gasteiger partial charge in [0.05, 0.1) is 25.0 Å². The van der Waals surface area contributed by atoms with E-state index in [0.717, 1.165) is 30.9 Å². The Kier molecular flexibility index (Phi) is 4.07. The Morgan fingerprint density at radius 3 is 2.62 bits per heavy atom. The summed E-state index contributed by atoms with van der Waals surface area (Å²) in [5.41, 5.74) is 3.26. The van der Waals surface area contributed by atoms with Crippen molar-refractivity contribution in [3.05, 3.63) is 54.6 Å². The molecule has 0 unspecified atom stereocenters. The lowest BCUT2D eigenvalue weighted by Crippen LogP contribution is -2.08. The van der Waals surface area contributed by atoms with Gasteiger partial charge in [-0.1, -0.05) is 35.5 Å². The van der Waals surface area contributed by atoms with E-state index < -0.39 is 0 Å². The SMILES string of the molecule is CNCc1cn(CCn2cc(-c3ccccc3)cn2)nn1. The summed E-state index contributed by atoms with van der Waals surface area (Å²) in [6.07, 6.45) is 5.90. The first kappa shape index (κ1) is 13.5. The maximum absolute atomic E-state index is 4.39. The van der Waals surface area contributed by atoms with E-state index in [1.807, 2.05) is 47.0 Å². The largest absolute Gasteiger partial charge is 0.314 e. The molecule has 0 radical (unpaired) electrons. The van der Waals surface area contributed by atoms with Gasteiger partial charge < -0.3 is 5.32 Å². The fourth-order valence-electron chi connectivity index (χ4n) is 2.18. The highest BCUT2D eigenvalue weighted by molar-refractivity contribution is 5.61. The van der Waals surface area contributed by atoms with Gasteiger partial charge in [0.2, 0.25) is 0 Å². The summed E-state index contributed by atoms with van der Waals surface area (Å²) < 4.78 is 3.78. The van der Waals surface area contributed by atoms with Crippen LogP contribution in [0.3, 0.4) is 0 Å². The van der Waals surface area contributed by atoms with E-state index in [9.17, 15) is 0 Å². The third-order valence-corrected chi connectivity index (χ3v) is 3.24. The number of nitrogens with zero attached hydrogens (tertiary/aromatic N) is 5. The maximum atomic E-state index is 4.39. The Morgan fingerprint density at radius 1 is 1.00 bits per heavy atom. The third-order valence-electron chi connectivity index (χ3n) is 3.24. The summed E-state index contributed by atoms with van der Waals surface area (Å²) in [5, 5.41) is 15.6. The van der Waals surface area contributed by atoms with Crippen LogP contribution >= 0.6 is 0 Å². The summed E-state index contributed by atoms with van der Waals surface area (Å²) in [6.45, 7) is 2.27. The van der Waals surface area contributed by atoms with E-state index in [4.69, 9.17) is 0 Å². The van der Waals surface area contributed by atoms with Crippen LogP contribution in [-0.4, -0.2) is 31.8 Å². The zero-order valence-corrected chi connectivity index (χ0v) is 12.0. The molecular weight excluding hydrogens is 264 g/mol. The first-order valence-electron chi connectivity index (χ1n) is 6.96. The molecule has 21 heavy (non-hydrogen) atoms. The summed E-state index contributed by atoms with van der Waals surface area (Å²) in [7, 11) is 1.90. The molecule has 6 nitrogen and oxygen atoms in total. The number of nitrogens with one attached hydrogen (secondary N) is 1. The molecule has 0 saturated heterocycles. The molecule has 0 spiro atoms. The highest BCUT2D eigenvalue weighted by atomic mass is 15.4. The second kappa shape index (κ2) is 6.32. The lowest BCUT2D eigenvalue weighted by molar-refractivity contribution is 0.490. The van der Waals surface area contributed by atoms with Crippen molar-refractivity contribution < 1.29 is 0 Å². The number of benzene rings is 1. The maximum Gasteiger partial charge on any atom is 0.0964 e. The molecule has 0 bridgehead atoms. The van der Waals surface area contributed by atoms with Crippen LogP contribution in [0, 0.1) is 0 Å². The molecule has 0 aliphatic rings. The van der Waals surface area contributed by atoms with Gasteiger partial charge in [-0.3, -0.25) is 9.36 Å². The number of rotatable bonds is 6. The molecule has 108 valence electrons. The van der Waals surface area contributed by atoms with Crippen LogP contribution in [0.4, 0.5) is 0 Å². The van der Waals surface area contributed by atoms with Gasteiger partial charge in [-0.05, 0) is 12.6 Å². The fraction of sp³-hybridized carbons (Fsp3) is 0.267. The van der Waals surface area contributed by atoms with Gasteiger partial charge in [0.15, 0.2) is 0 Å². The highest BCUT2D eigenvalue weighted by Gasteiger charge is 2.03. The molecule has 3 rings (SSSR count). The Bertz CT molecular complexity index is 685. The molecule has 0 saturated carbocycles. The normalized spacial score (nSPS) is 10.9. The molecule has 0 amide bonds. The fourth-order valence-corrected chi connectivity index (χ4v) is 2.18. The summed E-state index contributed by atoms with van der Waals surface area (Å²) in [5.74, 6) is 0. The molecule has 1 N–H and O–H groups in total. The van der Waals surface area contributed by atoms with Crippen molar-refractivity contribution in [1.29, 1.82) is 0 Å². The Balaban J connectivity index is 1.62. The summed E-state index contributed by atoms with van der Waals surface area (Å²) in [6, 6.07) is 10.3. The molecule has 0 aliphatic carbocycles. The van der Waals surface area contributed by atoms with Crippen LogP contribution in [-0.2, 0) is 19.6 Å². The van der Waals surface area contributed by atoms with Gasteiger partial charge in [-0.2, -0.15) is 5.10 Å². The van der Waals surface area contributed by atoms with Crippen molar-refractivity contribution in [3.63, 3.8) is 0 Å². The van der Waals surface area contributed by atoms with Crippen LogP contribution in [0.25, 0.3) is 11.1 Å². The van der Waals surface area contributed by atoms with Crippen molar-refractivity contribution in [2.24, 2.45) is 0 Å². The number of aromatic nitrogens is 5. The van der Waals surface area contributed by atoms with Crippen LogP contribution in [0.15, 0.2) is 48.9 Å². The Labute approximate surface area is 123 Å². The van der Waals surface area contributed by atoms with E-state index in [1.54, 1.807) is 0 Å². The zero-order chi connectivity index (χ0) is 14.5. The van der Waals surface area contributed by atoms with Crippen molar-refractivity contribution in [1.82, 2.24) is 30.1 Å². The van der Waals surface area contributed by atoms with E-state index >= 15 is 0 Å². The quantitative estimate of drug-likeness (QED) is 0.745. The lowest BCUT2D eigenvalue weighted by atomic mass is 10.1. The topological polar surface area (TPSA) is 60.6 Å². The molecule has 6 heteroatoms. The van der Waals surface area contributed by atoms with Crippen molar-refractivity contribution in [2.75, 3.05) is 7.05 Å². The van der Waals surface area contributed by atoms with Gasteiger partial charge >= 0.3 is 0 Å². The monoisotopic (exact) mass is 282 g/mol. The minimum absolute atomic E-state index is 0.736. The second-order valence-electron chi connectivity index (χ2n) is 4.86. The minimum Gasteiger partial charge on any atom is -0.314 e. The van der Waals surface area contributed by atoms with Crippen LogP contribution in [0.5, 0.6) is 0 Å². The van der Waals surface area contributed by atoms with E-state index in [2.05, 4.69) is 39.1 Å². The van der Waals surface area contributed by atoms with E-state index in [-0.39, 0.29) is 0 Å². The van der Waals surface area contributed by atoms with Crippen molar-refractivity contribution >= 4 is 0 Å². The van der Waals surface area contributed by atoms with Gasteiger partial charge in [0.25, 0.3) is 0 Å². The third kappa shape index (κ3) is 3.35.